The third-order valence-corrected chi connectivity index (χ3v) is 9.86. The van der Waals surface area contributed by atoms with Crippen LogP contribution in [-0.2, 0) is 35.2 Å². The van der Waals surface area contributed by atoms with Crippen LogP contribution in [0.3, 0.4) is 0 Å². The molecule has 328 valence electrons. The summed E-state index contributed by atoms with van der Waals surface area (Å²) in [6.45, 7) is 9.30. The number of rotatable bonds is 13. The highest BCUT2D eigenvalue weighted by atomic mass is 31.2. The highest BCUT2D eigenvalue weighted by Gasteiger charge is 2.31. The molecule has 6 amide bonds. The van der Waals surface area contributed by atoms with Gasteiger partial charge < -0.3 is 51.5 Å². The molecule has 0 saturated carbocycles. The first-order valence-electron chi connectivity index (χ1n) is 19.1. The van der Waals surface area contributed by atoms with Crippen LogP contribution in [-0.4, -0.2) is 110 Å². The number of carbonyl (C=O) groups excluding carboxylic acids is 8. The van der Waals surface area contributed by atoms with Crippen LogP contribution in [0.15, 0.2) is 42.5 Å². The zero-order valence-electron chi connectivity index (χ0n) is 34.0. The average molecular weight is 862 g/mol. The first-order chi connectivity index (χ1) is 28.3. The summed E-state index contributed by atoms with van der Waals surface area (Å²) < 4.78 is 26.0. The fourth-order valence-corrected chi connectivity index (χ4v) is 6.53. The Morgan fingerprint density at radius 2 is 1.65 bits per heavy atom. The van der Waals surface area contributed by atoms with Gasteiger partial charge in [0.2, 0.25) is 43.9 Å². The van der Waals surface area contributed by atoms with Crippen LogP contribution in [0.4, 0.5) is 8.78 Å². The number of hydrogen-bond donors (Lipinski definition) is 7. The molecule has 3 atom stereocenters. The molecule has 17 nitrogen and oxygen atoms in total. The van der Waals surface area contributed by atoms with Gasteiger partial charge in [0, 0.05) is 73.9 Å². The summed E-state index contributed by atoms with van der Waals surface area (Å²) in [5, 5.41) is 5.57. The predicted molar refractivity (Wildman–Crippen MR) is 219 cm³/mol. The number of fused-ring (bicyclic) bond motifs is 2. The highest BCUT2D eigenvalue weighted by Crippen LogP contribution is 2.30. The molecule has 9 N–H and O–H groups in total. The van der Waals surface area contributed by atoms with Gasteiger partial charge in [0.1, 0.15) is 18.0 Å². The molecule has 3 unspecified atom stereocenters. The van der Waals surface area contributed by atoms with Gasteiger partial charge in [0.05, 0.1) is 0 Å². The van der Waals surface area contributed by atoms with E-state index in [4.69, 9.17) is 21.3 Å². The Kier molecular flexibility index (Phi) is 21.1. The number of aromatic amines is 1. The number of halogens is 2. The molecule has 3 aromatic rings. The van der Waals surface area contributed by atoms with Crippen LogP contribution in [0.5, 0.6) is 0 Å². The van der Waals surface area contributed by atoms with Crippen molar-refractivity contribution in [3.8, 4) is 0 Å². The highest BCUT2D eigenvalue weighted by molar-refractivity contribution is 7.65. The van der Waals surface area contributed by atoms with Gasteiger partial charge in [-0.1, -0.05) is 19.9 Å². The van der Waals surface area contributed by atoms with E-state index in [0.717, 1.165) is 50.8 Å². The molecule has 20 heteroatoms. The van der Waals surface area contributed by atoms with Crippen LogP contribution >= 0.6 is 8.38 Å². The largest absolute Gasteiger partial charge is 0.370 e. The van der Waals surface area contributed by atoms with Crippen LogP contribution in [0, 0.1) is 17.6 Å². The van der Waals surface area contributed by atoms with Gasteiger partial charge in [-0.2, -0.15) is 0 Å². The first-order valence-corrected chi connectivity index (χ1v) is 20.4. The maximum Gasteiger partial charge on any atom is 0.265 e. The standard InChI is InChI=1S/C15H19F2N3O3.C11H18N2O2.C10H9N2O4P.C4H8O/c1-9(6-10-2-3-11(16)12(17)7-10)20-15(23)13(19-8-21)4-5-14(18)22;1-9(14)12-7-4-10-3-2-6-13(10)11(15)5-8-12;11-9(13)8-4-6-3-5(10(14)17(15)16)1-2-7(6)12-8;1-4(2)3-5/h2-3,7-9,13H,4-6H2,1H3,(H2,18,22)(H,19,21)(H,20,23);10H,2-8H2,1H3;1-4,12,15-16H,(H2,11,13);3-4H,1-2H3. The lowest BCUT2D eigenvalue weighted by molar-refractivity contribution is -0.136. The van der Waals surface area contributed by atoms with E-state index in [1.165, 1.54) is 24.3 Å². The number of aromatic nitrogens is 1. The van der Waals surface area contributed by atoms with Gasteiger partial charge in [0.15, 0.2) is 11.6 Å². The molecule has 1 aromatic heterocycles. The van der Waals surface area contributed by atoms with Crippen molar-refractivity contribution in [2.45, 2.75) is 90.8 Å². The number of nitrogens with one attached hydrogen (secondary N) is 3. The van der Waals surface area contributed by atoms with Crippen LogP contribution < -0.4 is 22.1 Å². The maximum atomic E-state index is 13.1. The summed E-state index contributed by atoms with van der Waals surface area (Å²) in [6, 6.07) is 8.64. The van der Waals surface area contributed by atoms with E-state index in [-0.39, 0.29) is 54.3 Å². The van der Waals surface area contributed by atoms with E-state index < -0.39 is 49.3 Å². The SMILES string of the molecule is CC(=O)N1CCC(=O)N2CCCC2CC1.CC(C)C=O.CC(Cc1ccc(F)c(F)c1)NC(=O)C(CCC(N)=O)NC=O.NC(=O)c1cc2cc(C(=O)P(O)O)ccc2[nH]1. The average Bonchev–Trinajstić information content (AvgIpc) is 3.84. The smallest absolute Gasteiger partial charge is 0.265 e. The van der Waals surface area contributed by atoms with Crippen molar-refractivity contribution >= 4 is 67.0 Å². The zero-order chi connectivity index (χ0) is 45.1. The number of primary amides is 2. The molecule has 2 aromatic carbocycles. The zero-order valence-corrected chi connectivity index (χ0v) is 34.9. The van der Waals surface area contributed by atoms with E-state index in [2.05, 4.69) is 15.6 Å². The van der Waals surface area contributed by atoms with Gasteiger partial charge in [-0.15, -0.1) is 0 Å². The van der Waals surface area contributed by atoms with Gasteiger partial charge in [-0.05, 0) is 81.0 Å². The summed E-state index contributed by atoms with van der Waals surface area (Å²) in [4.78, 5) is 112. The fourth-order valence-electron chi connectivity index (χ4n) is 6.16. The number of benzene rings is 2. The van der Waals surface area contributed by atoms with Crippen LogP contribution in [0.1, 0.15) is 92.6 Å². The van der Waals surface area contributed by atoms with E-state index in [1.54, 1.807) is 24.8 Å². The van der Waals surface area contributed by atoms with Crippen molar-refractivity contribution < 1.29 is 56.9 Å². The lowest BCUT2D eigenvalue weighted by Crippen LogP contribution is -2.47. The van der Waals surface area contributed by atoms with Crippen molar-refractivity contribution in [1.29, 1.82) is 0 Å². The lowest BCUT2D eigenvalue weighted by atomic mass is 10.1. The molecule has 60 heavy (non-hydrogen) atoms. The molecule has 2 fully saturated rings. The second-order valence-electron chi connectivity index (χ2n) is 14.5. The van der Waals surface area contributed by atoms with E-state index in [9.17, 15) is 47.1 Å². The number of carbonyl (C=O) groups is 8. The van der Waals surface area contributed by atoms with Crippen molar-refractivity contribution in [2.75, 3.05) is 19.6 Å². The van der Waals surface area contributed by atoms with Crippen molar-refractivity contribution in [2.24, 2.45) is 17.4 Å². The van der Waals surface area contributed by atoms with Gasteiger partial charge in [0.25, 0.3) is 5.91 Å². The second kappa shape index (κ2) is 25.1. The first kappa shape index (κ1) is 50.5. The van der Waals surface area contributed by atoms with Gasteiger partial charge in [-0.25, -0.2) is 8.78 Å². The van der Waals surface area contributed by atoms with Gasteiger partial charge >= 0.3 is 0 Å². The molecule has 5 rings (SSSR count). The number of nitrogens with two attached hydrogens (primary N) is 2. The Balaban J connectivity index is 0.000000299. The van der Waals surface area contributed by atoms with E-state index in [0.29, 0.717) is 41.9 Å². The number of hydrogen-bond acceptors (Lipinski definition) is 10. The van der Waals surface area contributed by atoms with Gasteiger partial charge in [-0.3, -0.25) is 33.6 Å². The topological polar surface area (TPSA) is 275 Å². The minimum absolute atomic E-state index is 0.0452. The van der Waals surface area contributed by atoms with Crippen molar-refractivity contribution in [3.63, 3.8) is 0 Å². The summed E-state index contributed by atoms with van der Waals surface area (Å²) in [6.07, 6.45) is 5.28. The third kappa shape index (κ3) is 16.9. The molecular weight excluding hydrogens is 807 g/mol. The number of nitrogens with zero attached hydrogens (tertiary/aromatic N) is 2. The molecule has 3 heterocycles. The van der Waals surface area contributed by atoms with E-state index >= 15 is 0 Å². The minimum Gasteiger partial charge on any atom is -0.370 e. The number of aldehydes is 1. The maximum absolute atomic E-state index is 13.1. The molecule has 2 aliphatic heterocycles. The third-order valence-electron chi connectivity index (χ3n) is 9.24. The molecule has 0 radical (unpaired) electrons. The Morgan fingerprint density at radius 3 is 2.22 bits per heavy atom. The van der Waals surface area contributed by atoms with Crippen molar-refractivity contribution in [1.82, 2.24) is 25.4 Å². The number of amides is 6. The molecule has 0 spiro atoms. The molecule has 2 saturated heterocycles. The normalized spacial score (nSPS) is 15.6. The van der Waals surface area contributed by atoms with Crippen LogP contribution in [0.25, 0.3) is 10.9 Å². The Morgan fingerprint density at radius 1 is 0.967 bits per heavy atom. The fraction of sp³-hybridized carbons (Fsp3) is 0.450. The summed E-state index contributed by atoms with van der Waals surface area (Å²) in [7, 11) is -2.64. The second-order valence-corrected chi connectivity index (χ2v) is 15.4. The summed E-state index contributed by atoms with van der Waals surface area (Å²) in [5.74, 6) is -3.03. The molecule has 0 bridgehead atoms. The summed E-state index contributed by atoms with van der Waals surface area (Å²) in [5.41, 5.74) is 11.0. The van der Waals surface area contributed by atoms with E-state index in [1.807, 2.05) is 18.7 Å². The summed E-state index contributed by atoms with van der Waals surface area (Å²) >= 11 is 0. The predicted octanol–water partition coefficient (Wildman–Crippen LogP) is 2.56. The number of H-pyrrole nitrogens is 1. The van der Waals surface area contributed by atoms with Crippen molar-refractivity contribution in [3.05, 3.63) is 70.9 Å². The molecule has 0 aliphatic carbocycles. The molecular formula is C40H54F2N7O10P. The minimum atomic E-state index is -2.64. The Hall–Kier alpha value is -5.65. The molecule has 2 aliphatic rings. The Labute approximate surface area is 347 Å². The quantitative estimate of drug-likeness (QED) is 0.0975. The monoisotopic (exact) mass is 861 g/mol. The Bertz CT molecular complexity index is 1980. The van der Waals surface area contributed by atoms with Crippen LogP contribution in [0.2, 0.25) is 0 Å². The lowest BCUT2D eigenvalue weighted by Gasteiger charge is -2.31.